The Kier molecular flexibility index (Phi) is 6.37. The number of alkyl halides is 3. The molecular weight excluding hydrogens is 279 g/mol. The normalized spacial score (nSPS) is 13.9. The van der Waals surface area contributed by atoms with E-state index in [1.165, 1.54) is 0 Å². The number of nitrogens with zero attached hydrogens (tertiary/aromatic N) is 2. The number of ether oxygens (including phenoxy) is 2. The zero-order valence-electron chi connectivity index (χ0n) is 11.3. The van der Waals surface area contributed by atoms with Crippen LogP contribution in [0.5, 0.6) is 0 Å². The SMILES string of the molecule is CC(C)OCC(N)c1noc(CCOCC(F)(F)F)n1. The van der Waals surface area contributed by atoms with Gasteiger partial charge in [0.15, 0.2) is 5.82 Å². The van der Waals surface area contributed by atoms with Gasteiger partial charge >= 0.3 is 6.18 Å². The third kappa shape index (κ3) is 6.83. The smallest absolute Gasteiger partial charge is 0.377 e. The molecule has 0 aliphatic carbocycles. The molecule has 0 spiro atoms. The molecule has 1 aromatic heterocycles. The highest BCUT2D eigenvalue weighted by Gasteiger charge is 2.27. The number of halogens is 3. The molecule has 1 atom stereocenters. The molecule has 0 amide bonds. The molecule has 116 valence electrons. The maximum Gasteiger partial charge on any atom is 0.411 e. The second kappa shape index (κ2) is 7.55. The van der Waals surface area contributed by atoms with Crippen LogP contribution in [-0.4, -0.2) is 42.2 Å². The lowest BCUT2D eigenvalue weighted by Crippen LogP contribution is -2.21. The summed E-state index contributed by atoms with van der Waals surface area (Å²) >= 11 is 0. The highest BCUT2D eigenvalue weighted by Crippen LogP contribution is 2.14. The Morgan fingerprint density at radius 1 is 1.35 bits per heavy atom. The zero-order chi connectivity index (χ0) is 15.2. The van der Waals surface area contributed by atoms with Gasteiger partial charge in [-0.3, -0.25) is 0 Å². The molecule has 0 saturated heterocycles. The van der Waals surface area contributed by atoms with Crippen molar-refractivity contribution in [2.45, 2.75) is 38.6 Å². The number of aromatic nitrogens is 2. The van der Waals surface area contributed by atoms with Gasteiger partial charge in [-0.1, -0.05) is 5.16 Å². The number of rotatable bonds is 8. The molecule has 2 N–H and O–H groups in total. The molecule has 9 heteroatoms. The molecule has 0 aromatic carbocycles. The summed E-state index contributed by atoms with van der Waals surface area (Å²) in [6.45, 7) is 2.52. The molecule has 0 aliphatic rings. The van der Waals surface area contributed by atoms with Crippen molar-refractivity contribution in [2.75, 3.05) is 19.8 Å². The van der Waals surface area contributed by atoms with Gasteiger partial charge in [0.1, 0.15) is 6.61 Å². The third-order valence-electron chi connectivity index (χ3n) is 2.15. The maximum absolute atomic E-state index is 11.8. The van der Waals surface area contributed by atoms with Crippen molar-refractivity contribution in [2.24, 2.45) is 5.73 Å². The molecule has 1 unspecified atom stereocenters. The second-order valence-corrected chi connectivity index (χ2v) is 4.45. The number of hydrogen-bond donors (Lipinski definition) is 1. The molecule has 0 aliphatic heterocycles. The van der Waals surface area contributed by atoms with Crippen molar-refractivity contribution < 1.29 is 27.2 Å². The summed E-state index contributed by atoms with van der Waals surface area (Å²) < 4.78 is 50.1. The van der Waals surface area contributed by atoms with E-state index in [1.54, 1.807) is 0 Å². The van der Waals surface area contributed by atoms with Crippen molar-refractivity contribution in [3.05, 3.63) is 11.7 Å². The lowest BCUT2D eigenvalue weighted by Gasteiger charge is -2.10. The van der Waals surface area contributed by atoms with E-state index >= 15 is 0 Å². The van der Waals surface area contributed by atoms with E-state index in [4.69, 9.17) is 15.0 Å². The first-order valence-electron chi connectivity index (χ1n) is 6.12. The quantitative estimate of drug-likeness (QED) is 0.734. The lowest BCUT2D eigenvalue weighted by atomic mass is 10.3. The first-order valence-corrected chi connectivity index (χ1v) is 6.12. The molecule has 0 bridgehead atoms. The summed E-state index contributed by atoms with van der Waals surface area (Å²) in [5.41, 5.74) is 5.78. The summed E-state index contributed by atoms with van der Waals surface area (Å²) in [4.78, 5) is 3.98. The van der Waals surface area contributed by atoms with E-state index in [0.29, 0.717) is 0 Å². The van der Waals surface area contributed by atoms with Crippen LogP contribution in [0.25, 0.3) is 0 Å². The molecule has 6 nitrogen and oxygen atoms in total. The van der Waals surface area contributed by atoms with E-state index < -0.39 is 18.8 Å². The molecule has 1 heterocycles. The van der Waals surface area contributed by atoms with Gasteiger partial charge in [-0.25, -0.2) is 0 Å². The highest BCUT2D eigenvalue weighted by atomic mass is 19.4. The summed E-state index contributed by atoms with van der Waals surface area (Å²) in [6.07, 6.45) is -4.21. The average Bonchev–Trinajstić information content (AvgIpc) is 2.79. The van der Waals surface area contributed by atoms with Crippen LogP contribution >= 0.6 is 0 Å². The molecule has 0 fully saturated rings. The third-order valence-corrected chi connectivity index (χ3v) is 2.15. The van der Waals surface area contributed by atoms with Gasteiger partial charge in [-0.15, -0.1) is 0 Å². The zero-order valence-corrected chi connectivity index (χ0v) is 11.3. The monoisotopic (exact) mass is 297 g/mol. The van der Waals surface area contributed by atoms with Gasteiger partial charge < -0.3 is 19.7 Å². The maximum atomic E-state index is 11.8. The van der Waals surface area contributed by atoms with Gasteiger partial charge in [-0.2, -0.15) is 18.2 Å². The van der Waals surface area contributed by atoms with Gasteiger partial charge in [0.2, 0.25) is 5.89 Å². The molecule has 1 rings (SSSR count). The topological polar surface area (TPSA) is 83.4 Å². The van der Waals surface area contributed by atoms with Gasteiger partial charge in [0.05, 0.1) is 31.8 Å². The second-order valence-electron chi connectivity index (χ2n) is 4.45. The van der Waals surface area contributed by atoms with Crippen molar-refractivity contribution in [1.82, 2.24) is 10.1 Å². The molecule has 0 saturated carbocycles. The first kappa shape index (κ1) is 16.9. The van der Waals surface area contributed by atoms with Crippen LogP contribution in [0.15, 0.2) is 4.52 Å². The van der Waals surface area contributed by atoms with E-state index in [0.717, 1.165) is 0 Å². The van der Waals surface area contributed by atoms with Crippen LogP contribution in [0, 0.1) is 0 Å². The molecule has 1 aromatic rings. The molecule has 20 heavy (non-hydrogen) atoms. The fourth-order valence-corrected chi connectivity index (χ4v) is 1.24. The lowest BCUT2D eigenvalue weighted by molar-refractivity contribution is -0.173. The fourth-order valence-electron chi connectivity index (χ4n) is 1.24. The Bertz CT molecular complexity index is 396. The van der Waals surface area contributed by atoms with E-state index in [-0.39, 0.29) is 37.5 Å². The van der Waals surface area contributed by atoms with E-state index in [1.807, 2.05) is 13.8 Å². The summed E-state index contributed by atoms with van der Waals surface area (Å²) in [6, 6.07) is -0.536. The van der Waals surface area contributed by atoms with Crippen molar-refractivity contribution >= 4 is 0 Å². The Morgan fingerprint density at radius 3 is 2.65 bits per heavy atom. The van der Waals surface area contributed by atoms with Gasteiger partial charge in [-0.05, 0) is 13.8 Å². The first-order chi connectivity index (χ1) is 9.28. The van der Waals surface area contributed by atoms with Gasteiger partial charge in [0, 0.05) is 0 Å². The minimum Gasteiger partial charge on any atom is -0.377 e. The summed E-state index contributed by atoms with van der Waals surface area (Å²) in [5, 5.41) is 3.65. The Hall–Kier alpha value is -1.19. The standard InChI is InChI=1S/C11H18F3N3O3/c1-7(2)19-5-8(15)10-16-9(20-17-10)3-4-18-6-11(12,13)14/h7-8H,3-6,15H2,1-2H3. The Morgan fingerprint density at radius 2 is 2.05 bits per heavy atom. The van der Waals surface area contributed by atoms with Crippen molar-refractivity contribution in [3.8, 4) is 0 Å². The highest BCUT2D eigenvalue weighted by molar-refractivity contribution is 4.93. The van der Waals surface area contributed by atoms with Crippen LogP contribution in [0.2, 0.25) is 0 Å². The van der Waals surface area contributed by atoms with Crippen molar-refractivity contribution in [3.63, 3.8) is 0 Å². The van der Waals surface area contributed by atoms with Crippen LogP contribution in [0.1, 0.15) is 31.6 Å². The summed E-state index contributed by atoms with van der Waals surface area (Å²) in [7, 11) is 0. The van der Waals surface area contributed by atoms with Crippen LogP contribution in [0.4, 0.5) is 13.2 Å². The van der Waals surface area contributed by atoms with E-state index in [9.17, 15) is 13.2 Å². The predicted octanol–water partition coefficient (Wildman–Crippen LogP) is 1.62. The minimum absolute atomic E-state index is 0.0307. The van der Waals surface area contributed by atoms with Crippen LogP contribution in [-0.2, 0) is 15.9 Å². The summed E-state index contributed by atoms with van der Waals surface area (Å²) in [5.74, 6) is 0.443. The largest absolute Gasteiger partial charge is 0.411 e. The van der Waals surface area contributed by atoms with Gasteiger partial charge in [0.25, 0.3) is 0 Å². The Labute approximate surface area is 114 Å². The Balaban J connectivity index is 2.32. The van der Waals surface area contributed by atoms with Crippen LogP contribution in [0.3, 0.4) is 0 Å². The number of nitrogens with two attached hydrogens (primary N) is 1. The molecule has 0 radical (unpaired) electrons. The fraction of sp³-hybridized carbons (Fsp3) is 0.818. The van der Waals surface area contributed by atoms with E-state index in [2.05, 4.69) is 14.9 Å². The van der Waals surface area contributed by atoms with Crippen LogP contribution < -0.4 is 5.73 Å². The van der Waals surface area contributed by atoms with Crippen molar-refractivity contribution in [1.29, 1.82) is 0 Å². The number of hydrogen-bond acceptors (Lipinski definition) is 6. The average molecular weight is 297 g/mol. The molecular formula is C11H18F3N3O3. The predicted molar refractivity (Wildman–Crippen MR) is 62.9 cm³/mol. The minimum atomic E-state index is -4.34.